The molecule has 12 heteroatoms. The summed E-state index contributed by atoms with van der Waals surface area (Å²) in [5, 5.41) is 0. The third-order valence-electron chi connectivity index (χ3n) is 8.29. The molecular formula is C35H29F4N3O4S. The average Bonchev–Trinajstić information content (AvgIpc) is 3.50. The number of alkyl halides is 3. The van der Waals surface area contributed by atoms with E-state index in [4.69, 9.17) is 9.47 Å². The number of methoxy groups -OCH3 is 2. The summed E-state index contributed by atoms with van der Waals surface area (Å²) in [6, 6.07) is 20.7. The summed E-state index contributed by atoms with van der Waals surface area (Å²) >= 11 is 0. The van der Waals surface area contributed by atoms with Crippen LogP contribution in [0.4, 0.5) is 23.4 Å². The Morgan fingerprint density at radius 1 is 0.894 bits per heavy atom. The smallest absolute Gasteiger partial charge is 0.416 e. The van der Waals surface area contributed by atoms with Crippen molar-refractivity contribution in [1.29, 1.82) is 0 Å². The summed E-state index contributed by atoms with van der Waals surface area (Å²) < 4.78 is 95.7. The summed E-state index contributed by atoms with van der Waals surface area (Å²) in [7, 11) is -1.35. The highest BCUT2D eigenvalue weighted by Crippen LogP contribution is 2.45. The molecular weight excluding hydrogens is 634 g/mol. The van der Waals surface area contributed by atoms with Crippen molar-refractivity contribution >= 4 is 15.8 Å². The van der Waals surface area contributed by atoms with Crippen LogP contribution in [0.5, 0.6) is 11.5 Å². The number of hydrogen-bond donors (Lipinski definition) is 0. The lowest BCUT2D eigenvalue weighted by atomic mass is 9.86. The van der Waals surface area contributed by atoms with Gasteiger partial charge in [0, 0.05) is 29.9 Å². The van der Waals surface area contributed by atoms with Gasteiger partial charge in [0.2, 0.25) is 5.95 Å². The fraction of sp³-hybridized carbons (Fsp3) is 0.200. The lowest BCUT2D eigenvalue weighted by Gasteiger charge is -2.25. The Labute approximate surface area is 269 Å². The van der Waals surface area contributed by atoms with E-state index in [0.29, 0.717) is 46.6 Å². The topological polar surface area (TPSA) is 81.6 Å². The van der Waals surface area contributed by atoms with Gasteiger partial charge in [-0.2, -0.15) is 17.6 Å². The lowest BCUT2D eigenvalue weighted by Crippen LogP contribution is -2.31. The van der Waals surface area contributed by atoms with Crippen molar-refractivity contribution in [3.05, 3.63) is 131 Å². The molecule has 0 N–H and O–H groups in total. The number of pyridine rings is 2. The molecule has 47 heavy (non-hydrogen) atoms. The zero-order valence-corrected chi connectivity index (χ0v) is 26.1. The Balaban J connectivity index is 1.40. The van der Waals surface area contributed by atoms with E-state index >= 15 is 0 Å². The molecule has 242 valence electrons. The van der Waals surface area contributed by atoms with E-state index in [2.05, 4.69) is 9.97 Å². The molecule has 6 rings (SSSR count). The number of aromatic nitrogens is 2. The maximum Gasteiger partial charge on any atom is 0.416 e. The first kappa shape index (κ1) is 32.0. The zero-order valence-electron chi connectivity index (χ0n) is 25.3. The second-order valence-corrected chi connectivity index (χ2v) is 12.9. The highest BCUT2D eigenvalue weighted by atomic mass is 32.2. The fourth-order valence-electron chi connectivity index (χ4n) is 5.99. The van der Waals surface area contributed by atoms with E-state index < -0.39 is 27.7 Å². The van der Waals surface area contributed by atoms with Crippen molar-refractivity contribution in [2.24, 2.45) is 0 Å². The van der Waals surface area contributed by atoms with E-state index in [1.165, 1.54) is 50.9 Å². The predicted molar refractivity (Wildman–Crippen MR) is 168 cm³/mol. The van der Waals surface area contributed by atoms with E-state index in [0.717, 1.165) is 33.6 Å². The van der Waals surface area contributed by atoms with Gasteiger partial charge in [0.05, 0.1) is 31.2 Å². The molecule has 5 aromatic rings. The first-order valence-corrected chi connectivity index (χ1v) is 16.0. The Morgan fingerprint density at radius 2 is 1.66 bits per heavy atom. The third-order valence-corrected chi connectivity index (χ3v) is 10.0. The molecule has 2 heterocycles. The van der Waals surface area contributed by atoms with Crippen LogP contribution in [0.15, 0.2) is 102 Å². The molecule has 1 aliphatic carbocycles. The minimum atomic E-state index is -4.52. The van der Waals surface area contributed by atoms with Crippen molar-refractivity contribution in [2.45, 2.75) is 36.4 Å². The number of rotatable bonds is 9. The highest BCUT2D eigenvalue weighted by Gasteiger charge is 2.34. The largest absolute Gasteiger partial charge is 0.497 e. The molecule has 0 spiro atoms. The first-order chi connectivity index (χ1) is 22.5. The van der Waals surface area contributed by atoms with Gasteiger partial charge in [0.25, 0.3) is 10.0 Å². The minimum Gasteiger partial charge on any atom is -0.497 e. The number of nitrogens with zero attached hydrogens (tertiary/aromatic N) is 3. The number of fused-ring (bicyclic) bond motifs is 1. The van der Waals surface area contributed by atoms with Crippen LogP contribution in [0.1, 0.15) is 40.2 Å². The van der Waals surface area contributed by atoms with Crippen LogP contribution in [0, 0.1) is 5.95 Å². The van der Waals surface area contributed by atoms with Gasteiger partial charge in [-0.1, -0.05) is 18.2 Å². The first-order valence-electron chi connectivity index (χ1n) is 14.6. The van der Waals surface area contributed by atoms with Gasteiger partial charge < -0.3 is 9.47 Å². The van der Waals surface area contributed by atoms with Crippen LogP contribution >= 0.6 is 0 Å². The van der Waals surface area contributed by atoms with Gasteiger partial charge in [-0.25, -0.2) is 17.7 Å². The standard InChI is InChI=1S/C35H29F4N3O4S/c1-45-26-9-6-24(32(20-26)46-2)21-42(34-5-3-4-33(36)41-34)47(43,44)27-10-13-28-23(18-27)7-11-29(28)30-12-8-25(35(37,38)39)19-31(30)22-14-16-40-17-15-22/h3-6,8-10,12-20,29H,7,11,21H2,1-2H3/t29-/m0/s1. The van der Waals surface area contributed by atoms with Gasteiger partial charge >= 0.3 is 6.18 Å². The van der Waals surface area contributed by atoms with E-state index in [1.54, 1.807) is 42.5 Å². The van der Waals surface area contributed by atoms with Gasteiger partial charge in [0.1, 0.15) is 17.3 Å². The third kappa shape index (κ3) is 6.37. The number of hydrogen-bond acceptors (Lipinski definition) is 6. The van der Waals surface area contributed by atoms with Crippen LogP contribution in [-0.2, 0) is 29.2 Å². The van der Waals surface area contributed by atoms with Crippen molar-refractivity contribution in [2.75, 3.05) is 18.5 Å². The molecule has 0 saturated carbocycles. The molecule has 0 bridgehead atoms. The molecule has 0 aliphatic heterocycles. The number of ether oxygens (including phenoxy) is 2. The summed E-state index contributed by atoms with van der Waals surface area (Å²) in [6.07, 6.45) is -0.389. The minimum absolute atomic E-state index is 0.0304. The van der Waals surface area contributed by atoms with Crippen LogP contribution in [0.3, 0.4) is 0 Å². The maximum atomic E-state index is 14.3. The van der Waals surface area contributed by atoms with Crippen LogP contribution < -0.4 is 13.8 Å². The van der Waals surface area contributed by atoms with Crippen molar-refractivity contribution in [3.63, 3.8) is 0 Å². The Bertz CT molecular complexity index is 2040. The molecule has 1 aliphatic rings. The lowest BCUT2D eigenvalue weighted by molar-refractivity contribution is -0.137. The van der Waals surface area contributed by atoms with Gasteiger partial charge in [-0.05, 0) is 101 Å². The molecule has 0 unspecified atom stereocenters. The Hall–Kier alpha value is -4.97. The molecule has 0 radical (unpaired) electrons. The normalized spacial score (nSPS) is 14.5. The van der Waals surface area contributed by atoms with Crippen LogP contribution in [-0.4, -0.2) is 32.6 Å². The molecule has 1 atom stereocenters. The number of aryl methyl sites for hydroxylation is 1. The van der Waals surface area contributed by atoms with Crippen LogP contribution in [0.25, 0.3) is 11.1 Å². The second-order valence-electron chi connectivity index (χ2n) is 11.0. The SMILES string of the molecule is COc1ccc(CN(c2cccc(F)n2)S(=O)(=O)c2ccc3c(c2)CC[C@@H]3c2ccc(C(F)(F)F)cc2-c2ccncc2)c(OC)c1. The van der Waals surface area contributed by atoms with Gasteiger partial charge in [-0.15, -0.1) is 0 Å². The summed E-state index contributed by atoms with van der Waals surface area (Å²) in [5.74, 6) is -0.344. The molecule has 3 aromatic carbocycles. The summed E-state index contributed by atoms with van der Waals surface area (Å²) in [5.41, 5.74) is 3.06. The second kappa shape index (κ2) is 12.7. The highest BCUT2D eigenvalue weighted by molar-refractivity contribution is 7.92. The monoisotopic (exact) mass is 663 g/mol. The molecule has 0 saturated heterocycles. The molecule has 0 fully saturated rings. The molecule has 0 amide bonds. The van der Waals surface area contributed by atoms with E-state index in [9.17, 15) is 26.0 Å². The number of sulfonamides is 1. The van der Waals surface area contributed by atoms with Crippen molar-refractivity contribution < 1.29 is 35.5 Å². The summed E-state index contributed by atoms with van der Waals surface area (Å²) in [4.78, 5) is 7.84. The Kier molecular flexibility index (Phi) is 8.63. The van der Waals surface area contributed by atoms with Gasteiger partial charge in [-0.3, -0.25) is 4.98 Å². The number of halogens is 4. The zero-order chi connectivity index (χ0) is 33.3. The van der Waals surface area contributed by atoms with E-state index in [-0.39, 0.29) is 23.2 Å². The predicted octanol–water partition coefficient (Wildman–Crippen LogP) is 7.79. The van der Waals surface area contributed by atoms with E-state index in [1.807, 2.05) is 0 Å². The van der Waals surface area contributed by atoms with Crippen molar-refractivity contribution in [3.8, 4) is 22.6 Å². The fourth-order valence-corrected chi connectivity index (χ4v) is 7.43. The van der Waals surface area contributed by atoms with Crippen LogP contribution in [0.2, 0.25) is 0 Å². The molecule has 7 nitrogen and oxygen atoms in total. The quantitative estimate of drug-likeness (QED) is 0.118. The molecule has 2 aromatic heterocycles. The summed E-state index contributed by atoms with van der Waals surface area (Å²) in [6.45, 7) is -0.216. The Morgan fingerprint density at radius 3 is 2.36 bits per heavy atom. The van der Waals surface area contributed by atoms with Crippen molar-refractivity contribution in [1.82, 2.24) is 9.97 Å². The maximum absolute atomic E-state index is 14.3. The van der Waals surface area contributed by atoms with Gasteiger partial charge in [0.15, 0.2) is 0 Å². The average molecular weight is 664 g/mol. The number of anilines is 1. The number of benzene rings is 3.